The number of halogens is 1. The van der Waals surface area contributed by atoms with Crippen LogP contribution < -0.4 is 24.3 Å². The second-order valence-corrected chi connectivity index (χ2v) is 11.2. The summed E-state index contributed by atoms with van der Waals surface area (Å²) in [5, 5.41) is 32.5. The average molecular weight is 653 g/mol. The predicted molar refractivity (Wildman–Crippen MR) is 173 cm³/mol. The first-order valence-corrected chi connectivity index (χ1v) is 15.1. The number of fused-ring (bicyclic) bond motifs is 2. The van der Waals surface area contributed by atoms with Gasteiger partial charge in [-0.1, -0.05) is 41.9 Å². The lowest BCUT2D eigenvalue weighted by Gasteiger charge is -2.20. The SMILES string of the molecule is C[C@H](O)[C@H](NCc1cc(Cl)c(Oc2ncnc3c(-c4ccc5c(c4)OCCO5)cccc23)cc1OCc1cccc(C#N)c1)C(=O)O. The van der Waals surface area contributed by atoms with E-state index >= 15 is 0 Å². The zero-order chi connectivity index (χ0) is 32.9. The highest BCUT2D eigenvalue weighted by atomic mass is 35.5. The van der Waals surface area contributed by atoms with Crippen molar-refractivity contribution in [2.45, 2.75) is 32.2 Å². The fraction of sp³-hybridized carbons (Fsp3) is 0.200. The van der Waals surface area contributed by atoms with E-state index in [1.54, 1.807) is 30.3 Å². The molecule has 12 heteroatoms. The van der Waals surface area contributed by atoms with E-state index in [9.17, 15) is 20.3 Å². The van der Waals surface area contributed by atoms with Gasteiger partial charge in [-0.15, -0.1) is 0 Å². The number of nitriles is 1. The number of hydrogen-bond acceptors (Lipinski definition) is 10. The fourth-order valence-electron chi connectivity index (χ4n) is 5.20. The van der Waals surface area contributed by atoms with Gasteiger partial charge >= 0.3 is 5.97 Å². The molecule has 2 heterocycles. The zero-order valence-electron chi connectivity index (χ0n) is 25.1. The van der Waals surface area contributed by atoms with Crippen LogP contribution in [-0.4, -0.2) is 51.5 Å². The number of carbonyl (C=O) groups is 1. The Morgan fingerprint density at radius 3 is 2.64 bits per heavy atom. The first-order valence-electron chi connectivity index (χ1n) is 14.7. The van der Waals surface area contributed by atoms with Crippen molar-refractivity contribution in [2.75, 3.05) is 13.2 Å². The van der Waals surface area contributed by atoms with Gasteiger partial charge in [0.05, 0.1) is 33.7 Å². The standard InChI is InChI=1S/C35H29ClN4O7/c1-20(41)32(35(42)43)38-17-24-13-27(36)30(15-29(24)46-18-22-5-2-4-21(12-22)16-37)47-34-26-7-3-6-25(33(26)39-19-40-34)23-8-9-28-31(14-23)45-11-10-44-28/h2-9,12-15,19-20,32,38,41H,10-11,17-18H2,1H3,(H,42,43)/t20-,32-/m0/s1. The summed E-state index contributed by atoms with van der Waals surface area (Å²) >= 11 is 6.71. The van der Waals surface area contributed by atoms with Gasteiger partial charge in [-0.25, -0.2) is 9.97 Å². The molecule has 5 aromatic rings. The molecule has 11 nitrogen and oxygen atoms in total. The highest BCUT2D eigenvalue weighted by Crippen LogP contribution is 2.40. The lowest BCUT2D eigenvalue weighted by atomic mass is 10.0. The third-order valence-electron chi connectivity index (χ3n) is 7.51. The smallest absolute Gasteiger partial charge is 0.323 e. The average Bonchev–Trinajstić information content (AvgIpc) is 3.08. The maximum Gasteiger partial charge on any atom is 0.323 e. The topological polar surface area (TPSA) is 156 Å². The van der Waals surface area contributed by atoms with Crippen LogP contribution in [0.5, 0.6) is 28.9 Å². The van der Waals surface area contributed by atoms with E-state index in [4.69, 9.17) is 30.5 Å². The minimum Gasteiger partial charge on any atom is -0.488 e. The molecule has 4 aromatic carbocycles. The van der Waals surface area contributed by atoms with Crippen molar-refractivity contribution in [3.05, 3.63) is 101 Å². The number of aliphatic hydroxyl groups excluding tert-OH is 1. The molecule has 0 saturated heterocycles. The number of rotatable bonds is 11. The Labute approximate surface area is 274 Å². The van der Waals surface area contributed by atoms with Crippen LogP contribution in [0.3, 0.4) is 0 Å². The van der Waals surface area contributed by atoms with Gasteiger partial charge in [0.2, 0.25) is 5.88 Å². The fourth-order valence-corrected chi connectivity index (χ4v) is 5.42. The predicted octanol–water partition coefficient (Wildman–Crippen LogP) is 5.89. The minimum atomic E-state index is -1.22. The Bertz CT molecular complexity index is 2000. The van der Waals surface area contributed by atoms with E-state index in [1.807, 2.05) is 42.5 Å². The Morgan fingerprint density at radius 2 is 1.85 bits per heavy atom. The van der Waals surface area contributed by atoms with Crippen molar-refractivity contribution >= 4 is 28.5 Å². The summed E-state index contributed by atoms with van der Waals surface area (Å²) in [6, 6.07) is 22.5. The Hall–Kier alpha value is -5.41. The summed E-state index contributed by atoms with van der Waals surface area (Å²) in [7, 11) is 0. The third kappa shape index (κ3) is 7.05. The highest BCUT2D eigenvalue weighted by Gasteiger charge is 2.24. The van der Waals surface area contributed by atoms with E-state index in [0.29, 0.717) is 52.5 Å². The summed E-state index contributed by atoms with van der Waals surface area (Å²) in [5.74, 6) is 0.999. The molecule has 1 aromatic heterocycles. The van der Waals surface area contributed by atoms with Crippen LogP contribution in [0.25, 0.3) is 22.0 Å². The lowest BCUT2D eigenvalue weighted by Crippen LogP contribution is -2.44. The van der Waals surface area contributed by atoms with Crippen LogP contribution in [0.1, 0.15) is 23.6 Å². The minimum absolute atomic E-state index is 0.0186. The second-order valence-electron chi connectivity index (χ2n) is 10.8. The molecule has 0 radical (unpaired) electrons. The summed E-state index contributed by atoms with van der Waals surface area (Å²) in [6.45, 7) is 2.49. The maximum atomic E-state index is 11.7. The molecule has 0 bridgehead atoms. The van der Waals surface area contributed by atoms with Crippen molar-refractivity contribution in [3.8, 4) is 46.1 Å². The number of ether oxygens (including phenoxy) is 4. The van der Waals surface area contributed by atoms with Crippen molar-refractivity contribution in [2.24, 2.45) is 0 Å². The van der Waals surface area contributed by atoms with E-state index in [2.05, 4.69) is 21.4 Å². The van der Waals surface area contributed by atoms with E-state index in [1.165, 1.54) is 13.3 Å². The number of para-hydroxylation sites is 1. The van der Waals surface area contributed by atoms with Crippen molar-refractivity contribution in [1.82, 2.24) is 15.3 Å². The van der Waals surface area contributed by atoms with Crippen LogP contribution in [0.15, 0.2) is 79.1 Å². The number of benzene rings is 4. The number of aliphatic hydroxyl groups is 1. The first kappa shape index (κ1) is 31.6. The van der Waals surface area contributed by atoms with Gasteiger partial charge in [0.25, 0.3) is 0 Å². The third-order valence-corrected chi connectivity index (χ3v) is 7.81. The first-order chi connectivity index (χ1) is 22.8. The van der Waals surface area contributed by atoms with Gasteiger partial charge < -0.3 is 29.2 Å². The summed E-state index contributed by atoms with van der Waals surface area (Å²) in [6.07, 6.45) is 0.259. The van der Waals surface area contributed by atoms with Crippen molar-refractivity contribution in [1.29, 1.82) is 5.26 Å². The maximum absolute atomic E-state index is 11.7. The molecule has 0 amide bonds. The number of aromatic nitrogens is 2. The molecule has 2 atom stereocenters. The highest BCUT2D eigenvalue weighted by molar-refractivity contribution is 6.32. The normalized spacial score (nSPS) is 13.4. The van der Waals surface area contributed by atoms with Gasteiger partial charge in [-0.05, 0) is 54.4 Å². The molecule has 0 aliphatic carbocycles. The van der Waals surface area contributed by atoms with Gasteiger partial charge in [-0.2, -0.15) is 5.26 Å². The van der Waals surface area contributed by atoms with Gasteiger partial charge in [0, 0.05) is 23.7 Å². The quantitative estimate of drug-likeness (QED) is 0.156. The molecule has 0 fully saturated rings. The van der Waals surface area contributed by atoms with Crippen molar-refractivity contribution in [3.63, 3.8) is 0 Å². The molecule has 3 N–H and O–H groups in total. The molecular formula is C35H29ClN4O7. The summed E-state index contributed by atoms with van der Waals surface area (Å²) in [5.41, 5.74) is 4.14. The van der Waals surface area contributed by atoms with E-state index < -0.39 is 18.1 Å². The van der Waals surface area contributed by atoms with Crippen LogP contribution >= 0.6 is 11.6 Å². The molecule has 1 aliphatic heterocycles. The number of nitrogens with zero attached hydrogens (tertiary/aromatic N) is 3. The number of nitrogens with one attached hydrogen (secondary N) is 1. The monoisotopic (exact) mass is 652 g/mol. The van der Waals surface area contributed by atoms with Gasteiger partial charge in [0.15, 0.2) is 17.2 Å². The molecule has 6 rings (SSSR count). The Balaban J connectivity index is 1.33. The Morgan fingerprint density at radius 1 is 1.04 bits per heavy atom. The van der Waals surface area contributed by atoms with Crippen molar-refractivity contribution < 1.29 is 34.0 Å². The molecule has 1 aliphatic rings. The molecule has 0 saturated carbocycles. The van der Waals surface area contributed by atoms with Gasteiger partial charge in [0.1, 0.15) is 37.9 Å². The van der Waals surface area contributed by atoms with Crippen LogP contribution in [0.4, 0.5) is 0 Å². The molecular weight excluding hydrogens is 624 g/mol. The number of carboxylic acid groups (broad SMARTS) is 1. The summed E-state index contributed by atoms with van der Waals surface area (Å²) in [4.78, 5) is 20.6. The van der Waals surface area contributed by atoms with E-state index in [-0.39, 0.29) is 29.8 Å². The Kier molecular flexibility index (Phi) is 9.35. The lowest BCUT2D eigenvalue weighted by molar-refractivity contribution is -0.142. The van der Waals surface area contributed by atoms with Crippen LogP contribution in [0.2, 0.25) is 5.02 Å². The second kappa shape index (κ2) is 13.9. The van der Waals surface area contributed by atoms with Crippen LogP contribution in [0, 0.1) is 11.3 Å². The number of aliphatic carboxylic acids is 1. The largest absolute Gasteiger partial charge is 0.488 e. The molecule has 47 heavy (non-hydrogen) atoms. The molecule has 0 spiro atoms. The number of hydrogen-bond donors (Lipinski definition) is 3. The number of carboxylic acids is 1. The molecule has 0 unspecified atom stereocenters. The zero-order valence-corrected chi connectivity index (χ0v) is 25.9. The summed E-state index contributed by atoms with van der Waals surface area (Å²) < 4.78 is 23.9. The van der Waals surface area contributed by atoms with Gasteiger partial charge in [-0.3, -0.25) is 10.1 Å². The van der Waals surface area contributed by atoms with E-state index in [0.717, 1.165) is 16.7 Å². The molecule has 238 valence electrons. The van der Waals surface area contributed by atoms with Crippen LogP contribution in [-0.2, 0) is 17.9 Å².